The van der Waals surface area contributed by atoms with Crippen molar-refractivity contribution in [2.45, 2.75) is 6.92 Å². The summed E-state index contributed by atoms with van der Waals surface area (Å²) in [5.41, 5.74) is 1.51. The number of nitrogens with one attached hydrogen (secondary N) is 1. The fourth-order valence-corrected chi connectivity index (χ4v) is 2.04. The molecule has 7 heteroatoms. The zero-order chi connectivity index (χ0) is 14.7. The molecule has 104 valence electrons. The quantitative estimate of drug-likeness (QED) is 0.854. The molecular formula is C13H13BrClN5. The van der Waals surface area contributed by atoms with E-state index >= 15 is 0 Å². The molecule has 2 heterocycles. The van der Waals surface area contributed by atoms with E-state index in [4.69, 9.17) is 11.6 Å². The second-order valence-corrected chi connectivity index (χ2v) is 5.32. The van der Waals surface area contributed by atoms with Gasteiger partial charge in [0.2, 0.25) is 0 Å². The number of imidazole rings is 1. The summed E-state index contributed by atoms with van der Waals surface area (Å²) in [5, 5.41) is 3.68. The summed E-state index contributed by atoms with van der Waals surface area (Å²) in [4.78, 5) is 12.5. The fraction of sp³-hybridized carbons (Fsp3) is 0.154. The Morgan fingerprint density at radius 1 is 1.50 bits per heavy atom. The van der Waals surface area contributed by atoms with Gasteiger partial charge < -0.3 is 9.88 Å². The van der Waals surface area contributed by atoms with Crippen molar-refractivity contribution in [2.24, 2.45) is 7.05 Å². The van der Waals surface area contributed by atoms with Crippen molar-refractivity contribution in [1.29, 1.82) is 0 Å². The Morgan fingerprint density at radius 3 is 2.85 bits per heavy atom. The van der Waals surface area contributed by atoms with Crippen LogP contribution in [-0.2, 0) is 7.05 Å². The van der Waals surface area contributed by atoms with E-state index in [1.807, 2.05) is 18.5 Å². The van der Waals surface area contributed by atoms with Crippen LogP contribution in [0.15, 0.2) is 40.9 Å². The Balaban J connectivity index is 2.48. The van der Waals surface area contributed by atoms with Crippen LogP contribution >= 0.6 is 27.5 Å². The van der Waals surface area contributed by atoms with Crippen LogP contribution in [0.3, 0.4) is 0 Å². The van der Waals surface area contributed by atoms with E-state index < -0.39 is 0 Å². The number of hydrogen-bond donors (Lipinski definition) is 1. The first-order valence-electron chi connectivity index (χ1n) is 5.78. The largest absolute Gasteiger partial charge is 0.336 e. The van der Waals surface area contributed by atoms with E-state index in [1.54, 1.807) is 24.8 Å². The van der Waals surface area contributed by atoms with Crippen molar-refractivity contribution in [3.8, 4) is 0 Å². The minimum Gasteiger partial charge on any atom is -0.336 e. The molecule has 0 fully saturated rings. The van der Waals surface area contributed by atoms with Crippen LogP contribution in [0.5, 0.6) is 0 Å². The number of allylic oxidation sites excluding steroid dienone is 2. The van der Waals surface area contributed by atoms with E-state index in [-0.39, 0.29) is 0 Å². The summed E-state index contributed by atoms with van der Waals surface area (Å²) in [6.07, 6.45) is 6.67. The smallest absolute Gasteiger partial charge is 0.148 e. The lowest BCUT2D eigenvalue weighted by molar-refractivity contribution is 0.895. The lowest BCUT2D eigenvalue weighted by Gasteiger charge is -2.13. The van der Waals surface area contributed by atoms with Crippen LogP contribution in [-0.4, -0.2) is 19.5 Å². The first-order chi connectivity index (χ1) is 9.52. The van der Waals surface area contributed by atoms with E-state index in [1.165, 1.54) is 0 Å². The summed E-state index contributed by atoms with van der Waals surface area (Å²) >= 11 is 9.65. The van der Waals surface area contributed by atoms with Crippen LogP contribution in [0, 0.1) is 6.92 Å². The maximum atomic E-state index is 6.24. The molecule has 1 N–H and O–H groups in total. The van der Waals surface area contributed by atoms with Gasteiger partial charge in [-0.1, -0.05) is 18.2 Å². The van der Waals surface area contributed by atoms with Crippen LogP contribution in [0.2, 0.25) is 0 Å². The topological polar surface area (TPSA) is 55.6 Å². The maximum absolute atomic E-state index is 6.24. The third kappa shape index (κ3) is 3.08. The van der Waals surface area contributed by atoms with Gasteiger partial charge in [0.15, 0.2) is 0 Å². The number of hydrogen-bond acceptors (Lipinski definition) is 4. The van der Waals surface area contributed by atoms with Gasteiger partial charge in [0.05, 0.1) is 33.4 Å². The molecule has 0 saturated carbocycles. The molecular weight excluding hydrogens is 342 g/mol. The molecule has 0 spiro atoms. The molecule has 0 aliphatic heterocycles. The first-order valence-corrected chi connectivity index (χ1v) is 6.95. The summed E-state index contributed by atoms with van der Waals surface area (Å²) in [5.74, 6) is 1.29. The SMILES string of the molecule is C=C/C(Cl)=C(/Nc1nc(C)ncc1Br)c1cncn1C. The molecule has 2 aromatic rings. The van der Waals surface area contributed by atoms with E-state index in [0.29, 0.717) is 22.4 Å². The molecule has 0 aliphatic rings. The molecule has 0 bridgehead atoms. The van der Waals surface area contributed by atoms with Gasteiger partial charge >= 0.3 is 0 Å². The highest BCUT2D eigenvalue weighted by Gasteiger charge is 2.13. The second-order valence-electron chi connectivity index (χ2n) is 4.06. The zero-order valence-corrected chi connectivity index (χ0v) is 13.4. The van der Waals surface area contributed by atoms with Crippen LogP contribution in [0.1, 0.15) is 11.5 Å². The Labute approximate surface area is 130 Å². The minimum absolute atomic E-state index is 0.483. The molecule has 20 heavy (non-hydrogen) atoms. The van der Waals surface area contributed by atoms with Gasteiger partial charge in [0.25, 0.3) is 0 Å². The summed E-state index contributed by atoms with van der Waals surface area (Å²) < 4.78 is 2.60. The number of nitrogens with zero attached hydrogens (tertiary/aromatic N) is 4. The molecule has 0 saturated heterocycles. The molecule has 2 rings (SSSR count). The highest BCUT2D eigenvalue weighted by Crippen LogP contribution is 2.27. The molecule has 0 aliphatic carbocycles. The van der Waals surface area contributed by atoms with E-state index in [2.05, 4.69) is 42.8 Å². The van der Waals surface area contributed by atoms with Gasteiger partial charge in [-0.05, 0) is 28.9 Å². The summed E-state index contributed by atoms with van der Waals surface area (Å²) in [6.45, 7) is 5.52. The van der Waals surface area contributed by atoms with Crippen LogP contribution in [0.25, 0.3) is 5.70 Å². The number of aromatic nitrogens is 4. The Kier molecular flexibility index (Phi) is 4.57. The number of halogens is 2. The van der Waals surface area contributed by atoms with Gasteiger partial charge in [-0.25, -0.2) is 15.0 Å². The van der Waals surface area contributed by atoms with E-state index in [0.717, 1.165) is 10.2 Å². The normalized spacial score (nSPS) is 12.0. The number of rotatable bonds is 4. The van der Waals surface area contributed by atoms with Crippen molar-refractivity contribution < 1.29 is 0 Å². The van der Waals surface area contributed by atoms with Gasteiger partial charge in [-0.2, -0.15) is 0 Å². The third-order valence-corrected chi connectivity index (χ3v) is 3.52. The molecule has 0 aromatic carbocycles. The van der Waals surface area contributed by atoms with Crippen molar-refractivity contribution in [2.75, 3.05) is 5.32 Å². The summed E-state index contributed by atoms with van der Waals surface area (Å²) in [7, 11) is 1.89. The number of aryl methyl sites for hydroxylation is 2. The second kappa shape index (κ2) is 6.19. The molecule has 0 atom stereocenters. The van der Waals surface area contributed by atoms with Crippen molar-refractivity contribution >= 4 is 39.0 Å². The predicted octanol–water partition coefficient (Wildman–Crippen LogP) is 3.49. The minimum atomic E-state index is 0.483. The summed E-state index contributed by atoms with van der Waals surface area (Å²) in [6, 6.07) is 0. The lowest BCUT2D eigenvalue weighted by Crippen LogP contribution is -2.07. The van der Waals surface area contributed by atoms with Gasteiger partial charge in [0.1, 0.15) is 11.6 Å². The van der Waals surface area contributed by atoms with Crippen LogP contribution in [0.4, 0.5) is 5.82 Å². The van der Waals surface area contributed by atoms with Gasteiger partial charge in [-0.15, -0.1) is 0 Å². The zero-order valence-electron chi connectivity index (χ0n) is 11.1. The fourth-order valence-electron chi connectivity index (χ4n) is 1.61. The van der Waals surface area contributed by atoms with E-state index in [9.17, 15) is 0 Å². The first kappa shape index (κ1) is 14.7. The highest BCUT2D eigenvalue weighted by molar-refractivity contribution is 9.10. The Morgan fingerprint density at radius 2 is 2.25 bits per heavy atom. The Bertz CT molecular complexity index is 677. The molecule has 0 radical (unpaired) electrons. The third-order valence-electron chi connectivity index (χ3n) is 2.60. The molecule has 0 unspecified atom stereocenters. The molecule has 0 amide bonds. The molecule has 5 nitrogen and oxygen atoms in total. The lowest BCUT2D eigenvalue weighted by atomic mass is 10.3. The maximum Gasteiger partial charge on any atom is 0.148 e. The average Bonchev–Trinajstić information content (AvgIpc) is 2.85. The predicted molar refractivity (Wildman–Crippen MR) is 84.3 cm³/mol. The average molecular weight is 355 g/mol. The monoisotopic (exact) mass is 353 g/mol. The van der Waals surface area contributed by atoms with Crippen LogP contribution < -0.4 is 5.32 Å². The van der Waals surface area contributed by atoms with Gasteiger partial charge in [0, 0.05) is 13.2 Å². The standard InChI is InChI=1S/C13H13BrClN5/c1-4-10(15)12(11-6-16-7-20(11)3)19-13-9(14)5-17-8(2)18-13/h4-7H,1H2,2-3H3,(H,17,18,19)/b12-10-. The highest BCUT2D eigenvalue weighted by atomic mass is 79.9. The molecule has 2 aromatic heterocycles. The van der Waals surface area contributed by atoms with Crippen molar-refractivity contribution in [3.63, 3.8) is 0 Å². The number of anilines is 1. The van der Waals surface area contributed by atoms with Crippen molar-refractivity contribution in [1.82, 2.24) is 19.5 Å². The van der Waals surface area contributed by atoms with Gasteiger partial charge in [-0.3, -0.25) is 0 Å². The van der Waals surface area contributed by atoms with Crippen molar-refractivity contribution in [3.05, 3.63) is 52.4 Å². The Hall–Kier alpha value is -1.66.